The summed E-state index contributed by atoms with van der Waals surface area (Å²) in [5.41, 5.74) is 7.00. The summed E-state index contributed by atoms with van der Waals surface area (Å²) < 4.78 is 11.4. The molecule has 1 amide bonds. The molecule has 0 spiro atoms. The van der Waals surface area contributed by atoms with Crippen molar-refractivity contribution in [3.05, 3.63) is 78.0 Å². The van der Waals surface area contributed by atoms with Gasteiger partial charge in [0.2, 0.25) is 0 Å². The van der Waals surface area contributed by atoms with E-state index in [2.05, 4.69) is 10.3 Å². The number of carbonyl (C=O) groups is 1. The van der Waals surface area contributed by atoms with Gasteiger partial charge < -0.3 is 20.5 Å². The third kappa shape index (κ3) is 4.98. The van der Waals surface area contributed by atoms with E-state index in [9.17, 15) is 4.79 Å². The summed E-state index contributed by atoms with van der Waals surface area (Å²) in [5.74, 6) is 2.06. The van der Waals surface area contributed by atoms with Gasteiger partial charge in [-0.25, -0.2) is 4.98 Å². The van der Waals surface area contributed by atoms with Crippen molar-refractivity contribution < 1.29 is 14.3 Å². The first-order chi connectivity index (χ1) is 13.2. The maximum atomic E-state index is 12.2. The maximum absolute atomic E-state index is 12.2. The molecule has 0 saturated heterocycles. The molecule has 0 aliphatic rings. The van der Waals surface area contributed by atoms with Gasteiger partial charge in [-0.1, -0.05) is 18.2 Å². The van der Waals surface area contributed by atoms with E-state index in [1.54, 1.807) is 18.3 Å². The van der Waals surface area contributed by atoms with Crippen molar-refractivity contribution in [2.75, 3.05) is 12.3 Å². The molecule has 1 aromatic heterocycles. The molecule has 138 valence electrons. The average molecular weight is 363 g/mol. The number of nitrogens with one attached hydrogen (secondary N) is 1. The molecule has 0 atom stereocenters. The Morgan fingerprint density at radius 3 is 2.56 bits per heavy atom. The van der Waals surface area contributed by atoms with Crippen molar-refractivity contribution in [2.24, 2.45) is 0 Å². The van der Waals surface area contributed by atoms with Gasteiger partial charge in [0.15, 0.2) is 0 Å². The Balaban J connectivity index is 1.64. The molecular formula is C21H21N3O3. The van der Waals surface area contributed by atoms with Crippen LogP contribution in [-0.4, -0.2) is 17.5 Å². The fourth-order valence-corrected chi connectivity index (χ4v) is 2.54. The average Bonchev–Trinajstić information content (AvgIpc) is 2.67. The number of anilines is 1. The van der Waals surface area contributed by atoms with E-state index in [0.717, 1.165) is 11.3 Å². The van der Waals surface area contributed by atoms with Gasteiger partial charge in [0.1, 0.15) is 23.1 Å². The van der Waals surface area contributed by atoms with Gasteiger partial charge in [0, 0.05) is 18.8 Å². The zero-order valence-electron chi connectivity index (χ0n) is 15.0. The number of amides is 1. The predicted molar refractivity (Wildman–Crippen MR) is 104 cm³/mol. The minimum atomic E-state index is -0.267. The zero-order valence-corrected chi connectivity index (χ0v) is 15.0. The molecule has 0 bridgehead atoms. The van der Waals surface area contributed by atoms with Gasteiger partial charge in [0.25, 0.3) is 5.91 Å². The molecule has 1 heterocycles. The Bertz CT molecular complexity index is 928. The minimum absolute atomic E-state index is 0.210. The van der Waals surface area contributed by atoms with Crippen LogP contribution in [0.4, 0.5) is 5.82 Å². The number of ether oxygens (including phenoxy) is 2. The number of pyridine rings is 1. The van der Waals surface area contributed by atoms with Crippen LogP contribution in [0.1, 0.15) is 22.8 Å². The minimum Gasteiger partial charge on any atom is -0.494 e. The molecule has 0 aliphatic heterocycles. The highest BCUT2D eigenvalue weighted by Crippen LogP contribution is 2.26. The molecule has 0 aliphatic carbocycles. The number of benzene rings is 2. The van der Waals surface area contributed by atoms with E-state index >= 15 is 0 Å². The van der Waals surface area contributed by atoms with E-state index in [4.69, 9.17) is 15.2 Å². The van der Waals surface area contributed by atoms with Crippen LogP contribution in [0.3, 0.4) is 0 Å². The number of hydrogen-bond donors (Lipinski definition) is 2. The summed E-state index contributed by atoms with van der Waals surface area (Å²) in [4.78, 5) is 16.2. The van der Waals surface area contributed by atoms with Gasteiger partial charge in [-0.05, 0) is 48.9 Å². The molecule has 0 fully saturated rings. The van der Waals surface area contributed by atoms with Crippen LogP contribution in [0.2, 0.25) is 0 Å². The van der Waals surface area contributed by atoms with Crippen molar-refractivity contribution in [3.8, 4) is 17.2 Å². The summed E-state index contributed by atoms with van der Waals surface area (Å²) in [6.45, 7) is 2.88. The lowest BCUT2D eigenvalue weighted by molar-refractivity contribution is 0.0951. The SMILES string of the molecule is CCOc1cccc(Oc2cccc(CNC(=O)c3cccnc3N)c2)c1. The van der Waals surface area contributed by atoms with Crippen LogP contribution < -0.4 is 20.5 Å². The first-order valence-corrected chi connectivity index (χ1v) is 8.64. The van der Waals surface area contributed by atoms with Crippen LogP contribution in [0, 0.1) is 0 Å². The molecule has 2 aromatic carbocycles. The summed E-state index contributed by atoms with van der Waals surface area (Å²) >= 11 is 0. The van der Waals surface area contributed by atoms with Crippen molar-refractivity contribution in [2.45, 2.75) is 13.5 Å². The van der Waals surface area contributed by atoms with E-state index in [1.165, 1.54) is 0 Å². The van der Waals surface area contributed by atoms with Gasteiger partial charge in [-0.15, -0.1) is 0 Å². The standard InChI is InChI=1S/C21H21N3O3/c1-2-26-16-7-4-9-18(13-16)27-17-8-3-6-15(12-17)14-24-21(25)19-10-5-11-23-20(19)22/h3-13H,2,14H2,1H3,(H2,22,23)(H,24,25). The predicted octanol–water partition coefficient (Wildman–Crippen LogP) is 3.78. The first kappa shape index (κ1) is 18.3. The second-order valence-corrected chi connectivity index (χ2v) is 5.78. The molecule has 27 heavy (non-hydrogen) atoms. The molecule has 6 nitrogen and oxygen atoms in total. The summed E-state index contributed by atoms with van der Waals surface area (Å²) in [7, 11) is 0. The topological polar surface area (TPSA) is 86.5 Å². The highest BCUT2D eigenvalue weighted by atomic mass is 16.5. The highest BCUT2D eigenvalue weighted by molar-refractivity contribution is 5.98. The number of nitrogen functional groups attached to an aromatic ring is 1. The Morgan fingerprint density at radius 2 is 1.78 bits per heavy atom. The second-order valence-electron chi connectivity index (χ2n) is 5.78. The van der Waals surface area contributed by atoms with Crippen LogP contribution in [-0.2, 0) is 6.54 Å². The fraction of sp³-hybridized carbons (Fsp3) is 0.143. The first-order valence-electron chi connectivity index (χ1n) is 8.64. The van der Waals surface area contributed by atoms with E-state index in [-0.39, 0.29) is 11.7 Å². The molecule has 3 rings (SSSR count). The smallest absolute Gasteiger partial charge is 0.255 e. The second kappa shape index (κ2) is 8.71. The number of nitrogens with two attached hydrogens (primary N) is 1. The fourth-order valence-electron chi connectivity index (χ4n) is 2.54. The highest BCUT2D eigenvalue weighted by Gasteiger charge is 2.09. The summed E-state index contributed by atoms with van der Waals surface area (Å²) in [5, 5.41) is 2.84. The normalized spacial score (nSPS) is 10.3. The number of carbonyl (C=O) groups excluding carboxylic acids is 1. The Morgan fingerprint density at radius 1 is 1.04 bits per heavy atom. The van der Waals surface area contributed by atoms with E-state index < -0.39 is 0 Å². The van der Waals surface area contributed by atoms with Crippen LogP contribution >= 0.6 is 0 Å². The van der Waals surface area contributed by atoms with Crippen LogP contribution in [0.5, 0.6) is 17.2 Å². The summed E-state index contributed by atoms with van der Waals surface area (Å²) in [6, 6.07) is 18.3. The molecule has 0 saturated carbocycles. The van der Waals surface area contributed by atoms with Gasteiger partial charge in [-0.2, -0.15) is 0 Å². The maximum Gasteiger partial charge on any atom is 0.255 e. The third-order valence-corrected chi connectivity index (χ3v) is 3.79. The van der Waals surface area contributed by atoms with Gasteiger partial charge >= 0.3 is 0 Å². The lowest BCUT2D eigenvalue weighted by Gasteiger charge is -2.10. The number of nitrogens with zero attached hydrogens (tertiary/aromatic N) is 1. The number of aromatic nitrogens is 1. The van der Waals surface area contributed by atoms with E-state index in [0.29, 0.717) is 30.2 Å². The molecule has 3 N–H and O–H groups in total. The summed E-state index contributed by atoms with van der Waals surface area (Å²) in [6.07, 6.45) is 1.55. The molecule has 3 aromatic rings. The van der Waals surface area contributed by atoms with Crippen molar-refractivity contribution in [3.63, 3.8) is 0 Å². The van der Waals surface area contributed by atoms with Crippen molar-refractivity contribution >= 4 is 11.7 Å². The Kier molecular flexibility index (Phi) is 5.89. The van der Waals surface area contributed by atoms with Crippen molar-refractivity contribution in [1.29, 1.82) is 0 Å². The molecule has 0 unspecified atom stereocenters. The van der Waals surface area contributed by atoms with Crippen molar-refractivity contribution in [1.82, 2.24) is 10.3 Å². The van der Waals surface area contributed by atoms with Gasteiger partial charge in [0.05, 0.1) is 12.2 Å². The van der Waals surface area contributed by atoms with E-state index in [1.807, 2.05) is 55.5 Å². The molecule has 6 heteroatoms. The Hall–Kier alpha value is -3.54. The van der Waals surface area contributed by atoms with Gasteiger partial charge in [-0.3, -0.25) is 4.79 Å². The monoisotopic (exact) mass is 363 g/mol. The number of rotatable bonds is 7. The third-order valence-electron chi connectivity index (χ3n) is 3.79. The Labute approximate surface area is 158 Å². The molecular weight excluding hydrogens is 342 g/mol. The zero-order chi connectivity index (χ0) is 19.1. The number of hydrogen-bond acceptors (Lipinski definition) is 5. The lowest BCUT2D eigenvalue weighted by atomic mass is 10.2. The largest absolute Gasteiger partial charge is 0.494 e. The quantitative estimate of drug-likeness (QED) is 0.667. The molecule has 0 radical (unpaired) electrons. The van der Waals surface area contributed by atoms with Crippen LogP contribution in [0.15, 0.2) is 66.9 Å². The lowest BCUT2D eigenvalue weighted by Crippen LogP contribution is -2.24. The van der Waals surface area contributed by atoms with Crippen LogP contribution in [0.25, 0.3) is 0 Å².